The van der Waals surface area contributed by atoms with Crippen LogP contribution in [0.3, 0.4) is 0 Å². The molecule has 2 N–H and O–H groups in total. The Hall–Kier alpha value is -0.570. The van der Waals surface area contributed by atoms with Crippen molar-refractivity contribution in [3.63, 3.8) is 0 Å². The average Bonchev–Trinajstić information content (AvgIpc) is 2.43. The van der Waals surface area contributed by atoms with E-state index in [1.54, 1.807) is 0 Å². The maximum atomic E-state index is 11.9. The lowest BCUT2D eigenvalue weighted by Crippen LogP contribution is -2.40. The summed E-state index contributed by atoms with van der Waals surface area (Å²) in [7, 11) is 0. The van der Waals surface area contributed by atoms with Crippen LogP contribution in [0.15, 0.2) is 0 Å². The molecule has 0 aromatic rings. The van der Waals surface area contributed by atoms with Crippen LogP contribution in [0.1, 0.15) is 47.5 Å². The number of carbonyl (C=O) groups is 1. The summed E-state index contributed by atoms with van der Waals surface area (Å²) in [5.74, 6) is 0.773. The Morgan fingerprint density at radius 2 is 1.88 bits per heavy atom. The molecule has 3 heteroatoms. The molecule has 3 atom stereocenters. The van der Waals surface area contributed by atoms with Gasteiger partial charge in [-0.05, 0) is 45.4 Å². The average molecular weight is 227 g/mol. The number of hydrogen-bond acceptors (Lipinski definition) is 3. The van der Waals surface area contributed by atoms with Gasteiger partial charge < -0.3 is 10.5 Å². The lowest BCUT2D eigenvalue weighted by atomic mass is 9.89. The van der Waals surface area contributed by atoms with Crippen LogP contribution in [0.4, 0.5) is 0 Å². The second-order valence-electron chi connectivity index (χ2n) is 6.20. The fourth-order valence-electron chi connectivity index (χ4n) is 2.49. The minimum atomic E-state index is -0.410. The summed E-state index contributed by atoms with van der Waals surface area (Å²) in [6.45, 7) is 10.0. The number of carbonyl (C=O) groups excluding carboxylic acids is 1. The van der Waals surface area contributed by atoms with Gasteiger partial charge in [-0.3, -0.25) is 4.79 Å². The summed E-state index contributed by atoms with van der Waals surface area (Å²) in [4.78, 5) is 11.9. The first-order valence-corrected chi connectivity index (χ1v) is 6.21. The Bertz CT molecular complexity index is 255. The molecule has 1 fully saturated rings. The van der Waals surface area contributed by atoms with E-state index in [4.69, 9.17) is 10.5 Å². The molecular formula is C13H25NO2. The summed E-state index contributed by atoms with van der Waals surface area (Å²) in [5, 5.41) is 0. The molecular weight excluding hydrogens is 202 g/mol. The van der Waals surface area contributed by atoms with Crippen molar-refractivity contribution in [2.24, 2.45) is 23.5 Å². The summed E-state index contributed by atoms with van der Waals surface area (Å²) >= 11 is 0. The van der Waals surface area contributed by atoms with Gasteiger partial charge in [-0.1, -0.05) is 13.8 Å². The first kappa shape index (κ1) is 13.5. The van der Waals surface area contributed by atoms with E-state index in [1.165, 1.54) is 0 Å². The van der Waals surface area contributed by atoms with Crippen LogP contribution >= 0.6 is 0 Å². The van der Waals surface area contributed by atoms with Crippen molar-refractivity contribution in [1.82, 2.24) is 0 Å². The van der Waals surface area contributed by atoms with E-state index in [0.29, 0.717) is 11.8 Å². The molecule has 1 rings (SSSR count). The second-order valence-corrected chi connectivity index (χ2v) is 6.20. The molecule has 0 saturated heterocycles. The van der Waals surface area contributed by atoms with Crippen molar-refractivity contribution in [1.29, 1.82) is 0 Å². The Balaban J connectivity index is 2.60. The topological polar surface area (TPSA) is 52.3 Å². The van der Waals surface area contributed by atoms with Gasteiger partial charge in [0.15, 0.2) is 0 Å². The molecule has 0 amide bonds. The highest BCUT2D eigenvalue weighted by atomic mass is 16.6. The lowest BCUT2D eigenvalue weighted by molar-refractivity contribution is -0.160. The van der Waals surface area contributed by atoms with Gasteiger partial charge in [-0.15, -0.1) is 0 Å². The fourth-order valence-corrected chi connectivity index (χ4v) is 2.49. The lowest BCUT2D eigenvalue weighted by Gasteiger charge is -2.26. The van der Waals surface area contributed by atoms with Crippen LogP contribution in [-0.4, -0.2) is 17.6 Å². The molecule has 0 aliphatic heterocycles. The molecule has 0 radical (unpaired) electrons. The van der Waals surface area contributed by atoms with Crippen molar-refractivity contribution in [2.75, 3.05) is 0 Å². The summed E-state index contributed by atoms with van der Waals surface area (Å²) < 4.78 is 5.40. The summed E-state index contributed by atoms with van der Waals surface area (Å²) in [6, 6.07) is -0.0325. The van der Waals surface area contributed by atoms with E-state index in [0.717, 1.165) is 12.8 Å². The quantitative estimate of drug-likeness (QED) is 0.737. The summed E-state index contributed by atoms with van der Waals surface area (Å²) in [5.41, 5.74) is 5.73. The third kappa shape index (κ3) is 3.21. The predicted molar refractivity (Wildman–Crippen MR) is 64.9 cm³/mol. The third-order valence-corrected chi connectivity index (χ3v) is 3.34. The molecule has 0 aromatic heterocycles. The molecule has 0 aromatic carbocycles. The largest absolute Gasteiger partial charge is 0.460 e. The third-order valence-electron chi connectivity index (χ3n) is 3.34. The van der Waals surface area contributed by atoms with E-state index in [-0.39, 0.29) is 17.9 Å². The number of rotatable bonds is 2. The van der Waals surface area contributed by atoms with E-state index >= 15 is 0 Å². The van der Waals surface area contributed by atoms with Crippen LogP contribution in [0.25, 0.3) is 0 Å². The standard InChI is InChI=1S/C13H25NO2/c1-8(2)9-6-7-10(11(9)14)12(15)16-13(3,4)5/h8-11H,6-7,14H2,1-5H3/t9-,10+,11-/m0/s1. The number of nitrogens with two attached hydrogens (primary N) is 1. The number of hydrogen-bond donors (Lipinski definition) is 1. The van der Waals surface area contributed by atoms with Gasteiger partial charge in [0.1, 0.15) is 5.60 Å². The monoisotopic (exact) mass is 227 g/mol. The van der Waals surface area contributed by atoms with Crippen LogP contribution < -0.4 is 5.73 Å². The smallest absolute Gasteiger partial charge is 0.311 e. The Morgan fingerprint density at radius 1 is 1.31 bits per heavy atom. The zero-order chi connectivity index (χ0) is 12.5. The maximum absolute atomic E-state index is 11.9. The molecule has 0 heterocycles. The molecule has 0 bridgehead atoms. The molecule has 0 spiro atoms. The van der Waals surface area contributed by atoms with Crippen LogP contribution in [0, 0.1) is 17.8 Å². The van der Waals surface area contributed by atoms with Gasteiger partial charge in [0, 0.05) is 6.04 Å². The Kier molecular flexibility index (Phi) is 4.00. The van der Waals surface area contributed by atoms with Gasteiger partial charge in [0.25, 0.3) is 0 Å². The highest BCUT2D eigenvalue weighted by molar-refractivity contribution is 5.74. The van der Waals surface area contributed by atoms with Crippen molar-refractivity contribution in [2.45, 2.75) is 59.1 Å². The van der Waals surface area contributed by atoms with Crippen LogP contribution in [0.5, 0.6) is 0 Å². The number of esters is 1. The van der Waals surface area contributed by atoms with Gasteiger partial charge >= 0.3 is 5.97 Å². The number of ether oxygens (including phenoxy) is 1. The minimum absolute atomic E-state index is 0.0325. The van der Waals surface area contributed by atoms with E-state index in [2.05, 4.69) is 13.8 Å². The SMILES string of the molecule is CC(C)[C@@H]1CC[C@@H](C(=O)OC(C)(C)C)[C@H]1N. The van der Waals surface area contributed by atoms with Crippen LogP contribution in [0.2, 0.25) is 0 Å². The van der Waals surface area contributed by atoms with Gasteiger partial charge in [-0.2, -0.15) is 0 Å². The van der Waals surface area contributed by atoms with Crippen LogP contribution in [-0.2, 0) is 9.53 Å². The van der Waals surface area contributed by atoms with Crippen molar-refractivity contribution >= 4 is 5.97 Å². The van der Waals surface area contributed by atoms with Crippen molar-refractivity contribution in [3.05, 3.63) is 0 Å². The molecule has 1 saturated carbocycles. The fraction of sp³-hybridized carbons (Fsp3) is 0.923. The van der Waals surface area contributed by atoms with E-state index < -0.39 is 5.60 Å². The molecule has 1 aliphatic rings. The van der Waals surface area contributed by atoms with Crippen molar-refractivity contribution < 1.29 is 9.53 Å². The highest BCUT2D eigenvalue weighted by Crippen LogP contribution is 2.36. The molecule has 94 valence electrons. The van der Waals surface area contributed by atoms with Crippen molar-refractivity contribution in [3.8, 4) is 0 Å². The Labute approximate surface area is 98.7 Å². The van der Waals surface area contributed by atoms with Gasteiger partial charge in [-0.25, -0.2) is 0 Å². The summed E-state index contributed by atoms with van der Waals surface area (Å²) in [6.07, 6.45) is 1.92. The Morgan fingerprint density at radius 3 is 2.25 bits per heavy atom. The maximum Gasteiger partial charge on any atom is 0.311 e. The van der Waals surface area contributed by atoms with E-state index in [9.17, 15) is 4.79 Å². The normalized spacial score (nSPS) is 30.8. The zero-order valence-electron chi connectivity index (χ0n) is 11.1. The first-order valence-electron chi connectivity index (χ1n) is 6.21. The van der Waals surface area contributed by atoms with Gasteiger partial charge in [0.05, 0.1) is 5.92 Å². The highest BCUT2D eigenvalue weighted by Gasteiger charge is 2.40. The molecule has 3 nitrogen and oxygen atoms in total. The van der Waals surface area contributed by atoms with E-state index in [1.807, 2.05) is 20.8 Å². The molecule has 1 aliphatic carbocycles. The second kappa shape index (κ2) is 4.74. The first-order chi connectivity index (χ1) is 7.22. The minimum Gasteiger partial charge on any atom is -0.460 e. The molecule has 0 unspecified atom stereocenters. The zero-order valence-corrected chi connectivity index (χ0v) is 11.1. The molecule has 16 heavy (non-hydrogen) atoms. The predicted octanol–water partition coefficient (Wildman–Crippen LogP) is 2.34. The van der Waals surface area contributed by atoms with Gasteiger partial charge in [0.2, 0.25) is 0 Å².